The molecule has 1 aromatic heterocycles. The van der Waals surface area contributed by atoms with Gasteiger partial charge in [0.05, 0.1) is 5.39 Å². The van der Waals surface area contributed by atoms with Gasteiger partial charge < -0.3 is 4.42 Å². The normalized spacial score (nSPS) is 10.1. The van der Waals surface area contributed by atoms with Crippen molar-refractivity contribution in [2.75, 3.05) is 0 Å². The van der Waals surface area contributed by atoms with E-state index in [1.807, 2.05) is 42.5 Å². The van der Waals surface area contributed by atoms with E-state index >= 15 is 0 Å². The lowest BCUT2D eigenvalue weighted by atomic mass is 10.1. The van der Waals surface area contributed by atoms with Crippen molar-refractivity contribution in [1.82, 2.24) is 0 Å². The first-order chi connectivity index (χ1) is 9.75. The van der Waals surface area contributed by atoms with Crippen LogP contribution in [0.1, 0.15) is 16.9 Å². The second-order valence-electron chi connectivity index (χ2n) is 4.47. The standard InChI is InChI=1S/C18H12O2/c1-13-15(12-11-14-7-3-2-4-8-14)18(19)16-9-5-6-10-17(16)20-13/h2-10H,1H3. The molecule has 0 N–H and O–H groups in total. The van der Waals surface area contributed by atoms with Gasteiger partial charge in [0.15, 0.2) is 0 Å². The lowest BCUT2D eigenvalue weighted by Crippen LogP contribution is -2.08. The van der Waals surface area contributed by atoms with Gasteiger partial charge in [0.2, 0.25) is 5.43 Å². The van der Waals surface area contributed by atoms with Crippen LogP contribution in [0.25, 0.3) is 11.0 Å². The minimum Gasteiger partial charge on any atom is -0.460 e. The Labute approximate surface area is 116 Å². The fourth-order valence-electron chi connectivity index (χ4n) is 2.05. The first kappa shape index (κ1) is 12.3. The van der Waals surface area contributed by atoms with Crippen molar-refractivity contribution in [1.29, 1.82) is 0 Å². The number of hydrogen-bond acceptors (Lipinski definition) is 2. The van der Waals surface area contributed by atoms with Gasteiger partial charge in [-0.2, -0.15) is 0 Å². The van der Waals surface area contributed by atoms with Crippen LogP contribution in [-0.4, -0.2) is 0 Å². The van der Waals surface area contributed by atoms with E-state index in [1.54, 1.807) is 19.1 Å². The number of rotatable bonds is 0. The molecule has 0 aliphatic rings. The minimum atomic E-state index is -0.0761. The zero-order chi connectivity index (χ0) is 13.9. The second kappa shape index (κ2) is 5.07. The topological polar surface area (TPSA) is 30.2 Å². The van der Waals surface area contributed by atoms with Crippen LogP contribution < -0.4 is 5.43 Å². The Morgan fingerprint density at radius 3 is 2.40 bits per heavy atom. The van der Waals surface area contributed by atoms with Crippen LogP contribution in [0.5, 0.6) is 0 Å². The molecule has 0 spiro atoms. The fraction of sp³-hybridized carbons (Fsp3) is 0.0556. The molecule has 0 atom stereocenters. The summed E-state index contributed by atoms with van der Waals surface area (Å²) in [7, 11) is 0. The van der Waals surface area contributed by atoms with Crippen molar-refractivity contribution in [3.05, 3.63) is 81.7 Å². The predicted molar refractivity (Wildman–Crippen MR) is 79.6 cm³/mol. The van der Waals surface area contributed by atoms with E-state index in [4.69, 9.17) is 4.42 Å². The predicted octanol–water partition coefficient (Wildman–Crippen LogP) is 3.50. The highest BCUT2D eigenvalue weighted by molar-refractivity contribution is 5.78. The Morgan fingerprint density at radius 2 is 1.60 bits per heavy atom. The smallest absolute Gasteiger partial charge is 0.208 e. The first-order valence-electron chi connectivity index (χ1n) is 6.35. The highest BCUT2D eigenvalue weighted by Gasteiger charge is 2.08. The molecule has 0 unspecified atom stereocenters. The SMILES string of the molecule is Cc1oc2ccccc2c(=O)c1C#Cc1ccccc1. The van der Waals surface area contributed by atoms with E-state index in [9.17, 15) is 4.79 Å². The summed E-state index contributed by atoms with van der Waals surface area (Å²) in [5, 5.41) is 0.565. The van der Waals surface area contributed by atoms with Crippen molar-refractivity contribution in [2.45, 2.75) is 6.92 Å². The molecular formula is C18H12O2. The highest BCUT2D eigenvalue weighted by Crippen LogP contribution is 2.14. The Bertz CT molecular complexity index is 878. The molecule has 3 rings (SSSR count). The van der Waals surface area contributed by atoms with E-state index in [0.717, 1.165) is 5.56 Å². The molecule has 2 heteroatoms. The molecule has 2 aromatic carbocycles. The summed E-state index contributed by atoms with van der Waals surface area (Å²) >= 11 is 0. The molecule has 0 aliphatic heterocycles. The summed E-state index contributed by atoms with van der Waals surface area (Å²) in [4.78, 5) is 12.4. The minimum absolute atomic E-state index is 0.0761. The third-order valence-electron chi connectivity index (χ3n) is 3.08. The molecule has 96 valence electrons. The molecule has 0 amide bonds. The summed E-state index contributed by atoms with van der Waals surface area (Å²) in [6.45, 7) is 1.77. The van der Waals surface area contributed by atoms with E-state index < -0.39 is 0 Å². The molecule has 0 fully saturated rings. The number of hydrogen-bond donors (Lipinski definition) is 0. The van der Waals surface area contributed by atoms with Crippen molar-refractivity contribution < 1.29 is 4.42 Å². The van der Waals surface area contributed by atoms with Crippen molar-refractivity contribution in [3.63, 3.8) is 0 Å². The quantitative estimate of drug-likeness (QED) is 0.579. The maximum Gasteiger partial charge on any atom is 0.208 e. The molecular weight excluding hydrogens is 248 g/mol. The van der Waals surface area contributed by atoms with Crippen LogP contribution >= 0.6 is 0 Å². The van der Waals surface area contributed by atoms with Gasteiger partial charge in [-0.1, -0.05) is 42.2 Å². The third kappa shape index (κ3) is 2.22. The number of aryl methyl sites for hydroxylation is 1. The van der Waals surface area contributed by atoms with E-state index in [0.29, 0.717) is 22.3 Å². The third-order valence-corrected chi connectivity index (χ3v) is 3.08. The van der Waals surface area contributed by atoms with Gasteiger partial charge in [-0.15, -0.1) is 0 Å². The molecule has 1 heterocycles. The van der Waals surface area contributed by atoms with Crippen LogP contribution in [0.4, 0.5) is 0 Å². The van der Waals surface area contributed by atoms with Crippen LogP contribution in [0.2, 0.25) is 0 Å². The van der Waals surface area contributed by atoms with Gasteiger partial charge in [-0.05, 0) is 31.2 Å². The average Bonchev–Trinajstić information content (AvgIpc) is 2.48. The van der Waals surface area contributed by atoms with Gasteiger partial charge >= 0.3 is 0 Å². The van der Waals surface area contributed by atoms with Gasteiger partial charge in [-0.3, -0.25) is 4.79 Å². The highest BCUT2D eigenvalue weighted by atomic mass is 16.3. The maximum atomic E-state index is 12.4. The summed E-state index contributed by atoms with van der Waals surface area (Å²) < 4.78 is 5.66. The zero-order valence-electron chi connectivity index (χ0n) is 11.0. The van der Waals surface area contributed by atoms with Crippen LogP contribution in [0.15, 0.2) is 63.8 Å². The van der Waals surface area contributed by atoms with Crippen LogP contribution in [0, 0.1) is 18.8 Å². The van der Waals surface area contributed by atoms with E-state index in [-0.39, 0.29) is 5.43 Å². The molecule has 0 aliphatic carbocycles. The summed E-state index contributed by atoms with van der Waals surface area (Å²) in [5.41, 5.74) is 1.82. The first-order valence-corrected chi connectivity index (χ1v) is 6.35. The molecule has 20 heavy (non-hydrogen) atoms. The summed E-state index contributed by atoms with van der Waals surface area (Å²) in [6, 6.07) is 16.8. The average molecular weight is 260 g/mol. The van der Waals surface area contributed by atoms with Crippen LogP contribution in [0.3, 0.4) is 0 Å². The van der Waals surface area contributed by atoms with Gasteiger partial charge in [0, 0.05) is 5.56 Å². The molecule has 3 aromatic rings. The van der Waals surface area contributed by atoms with E-state index in [2.05, 4.69) is 11.8 Å². The number of para-hydroxylation sites is 1. The Morgan fingerprint density at radius 1 is 0.900 bits per heavy atom. The monoisotopic (exact) mass is 260 g/mol. The largest absolute Gasteiger partial charge is 0.460 e. The van der Waals surface area contributed by atoms with Gasteiger partial charge in [-0.25, -0.2) is 0 Å². The van der Waals surface area contributed by atoms with Crippen molar-refractivity contribution in [2.24, 2.45) is 0 Å². The summed E-state index contributed by atoms with van der Waals surface area (Å²) in [6.07, 6.45) is 0. The fourth-order valence-corrected chi connectivity index (χ4v) is 2.05. The molecule has 0 bridgehead atoms. The number of benzene rings is 2. The molecule has 0 saturated carbocycles. The molecule has 2 nitrogen and oxygen atoms in total. The van der Waals surface area contributed by atoms with Crippen LogP contribution in [-0.2, 0) is 0 Å². The van der Waals surface area contributed by atoms with Gasteiger partial charge in [0.25, 0.3) is 0 Å². The number of fused-ring (bicyclic) bond motifs is 1. The second-order valence-corrected chi connectivity index (χ2v) is 4.47. The van der Waals surface area contributed by atoms with Crippen molar-refractivity contribution >= 4 is 11.0 Å². The summed E-state index contributed by atoms with van der Waals surface area (Å²) in [5.74, 6) is 6.48. The Kier molecular flexibility index (Phi) is 3.10. The van der Waals surface area contributed by atoms with Gasteiger partial charge in [0.1, 0.15) is 16.9 Å². The Balaban J connectivity index is 2.18. The lowest BCUT2D eigenvalue weighted by Gasteiger charge is -2.00. The molecule has 0 saturated heterocycles. The lowest BCUT2D eigenvalue weighted by molar-refractivity contribution is 0.562. The van der Waals surface area contributed by atoms with Crippen molar-refractivity contribution in [3.8, 4) is 11.8 Å². The molecule has 0 radical (unpaired) electrons. The van der Waals surface area contributed by atoms with E-state index in [1.165, 1.54) is 0 Å². The Hall–Kier alpha value is -2.79. The maximum absolute atomic E-state index is 12.4. The zero-order valence-corrected chi connectivity index (χ0v) is 11.0.